The zero-order chi connectivity index (χ0) is 18.6. The average Bonchev–Trinajstić information content (AvgIpc) is 2.63. The molecule has 1 saturated heterocycles. The quantitative estimate of drug-likeness (QED) is 0.760. The molecule has 0 bridgehead atoms. The van der Waals surface area contributed by atoms with E-state index in [1.807, 2.05) is 0 Å². The highest BCUT2D eigenvalue weighted by molar-refractivity contribution is 7.89. The number of sulfonamides is 1. The van der Waals surface area contributed by atoms with Crippen LogP contribution in [0.4, 0.5) is 4.39 Å². The van der Waals surface area contributed by atoms with Gasteiger partial charge in [-0.15, -0.1) is 0 Å². The van der Waals surface area contributed by atoms with Gasteiger partial charge in [0.1, 0.15) is 10.7 Å². The highest BCUT2D eigenvalue weighted by atomic mass is 32.2. The molecule has 1 amide bonds. The van der Waals surface area contributed by atoms with Crippen LogP contribution in [-0.4, -0.2) is 57.4 Å². The molecule has 6 nitrogen and oxygen atoms in total. The van der Waals surface area contributed by atoms with Crippen LogP contribution in [0.3, 0.4) is 0 Å². The molecule has 1 heterocycles. The molecule has 8 heteroatoms. The van der Waals surface area contributed by atoms with Crippen molar-refractivity contribution in [3.8, 4) is 0 Å². The lowest BCUT2D eigenvalue weighted by Gasteiger charge is -2.31. The molecule has 1 aromatic rings. The van der Waals surface area contributed by atoms with E-state index in [4.69, 9.17) is 0 Å². The predicted molar refractivity (Wildman–Crippen MR) is 95.7 cm³/mol. The molecule has 0 radical (unpaired) electrons. The molecule has 1 saturated carbocycles. The summed E-state index contributed by atoms with van der Waals surface area (Å²) in [5.74, 6) is -0.688. The average molecular weight is 384 g/mol. The fraction of sp³-hybridized carbons (Fsp3) is 0.611. The lowest BCUT2D eigenvalue weighted by Crippen LogP contribution is -3.15. The van der Waals surface area contributed by atoms with E-state index < -0.39 is 15.8 Å². The number of quaternary nitrogens is 1. The van der Waals surface area contributed by atoms with Crippen molar-refractivity contribution in [2.45, 2.75) is 43.0 Å². The summed E-state index contributed by atoms with van der Waals surface area (Å²) in [5.41, 5.74) is 0. The molecule has 1 aliphatic carbocycles. The van der Waals surface area contributed by atoms with E-state index >= 15 is 0 Å². The summed E-state index contributed by atoms with van der Waals surface area (Å²) in [6.07, 6.45) is 5.69. The van der Waals surface area contributed by atoms with Crippen molar-refractivity contribution in [1.29, 1.82) is 0 Å². The summed E-state index contributed by atoms with van der Waals surface area (Å²) in [4.78, 5) is 13.0. The first-order chi connectivity index (χ1) is 12.5. The number of hydrogen-bond donors (Lipinski definition) is 2. The van der Waals surface area contributed by atoms with Gasteiger partial charge < -0.3 is 10.2 Å². The smallest absolute Gasteiger partial charge is 0.275 e. The second-order valence-corrected chi connectivity index (χ2v) is 9.07. The summed E-state index contributed by atoms with van der Waals surface area (Å²) >= 11 is 0. The lowest BCUT2D eigenvalue weighted by molar-refractivity contribution is -0.895. The molecule has 0 atom stereocenters. The van der Waals surface area contributed by atoms with E-state index in [9.17, 15) is 17.6 Å². The number of benzene rings is 1. The molecular formula is C18H27FN3O3S+. The van der Waals surface area contributed by atoms with Crippen LogP contribution in [0.25, 0.3) is 0 Å². The number of amides is 1. The van der Waals surface area contributed by atoms with Gasteiger partial charge in [-0.25, -0.2) is 12.8 Å². The summed E-state index contributed by atoms with van der Waals surface area (Å²) < 4.78 is 40.4. The van der Waals surface area contributed by atoms with Gasteiger partial charge in [0.2, 0.25) is 10.0 Å². The first kappa shape index (κ1) is 19.3. The zero-order valence-electron chi connectivity index (χ0n) is 14.9. The lowest BCUT2D eigenvalue weighted by atomic mass is 9.95. The second kappa shape index (κ2) is 8.45. The van der Waals surface area contributed by atoms with Crippen LogP contribution in [-0.2, 0) is 14.8 Å². The molecule has 1 aromatic carbocycles. The van der Waals surface area contributed by atoms with Gasteiger partial charge in [0.25, 0.3) is 5.91 Å². The van der Waals surface area contributed by atoms with Crippen molar-refractivity contribution in [2.75, 3.05) is 32.7 Å². The molecule has 0 unspecified atom stereocenters. The van der Waals surface area contributed by atoms with Crippen molar-refractivity contribution in [2.24, 2.45) is 0 Å². The predicted octanol–water partition coefficient (Wildman–Crippen LogP) is 0.164. The van der Waals surface area contributed by atoms with Crippen LogP contribution < -0.4 is 10.2 Å². The molecular weight excluding hydrogens is 357 g/mol. The van der Waals surface area contributed by atoms with Crippen LogP contribution in [0.5, 0.6) is 0 Å². The van der Waals surface area contributed by atoms with E-state index in [-0.39, 0.29) is 10.8 Å². The van der Waals surface area contributed by atoms with Gasteiger partial charge in [0, 0.05) is 6.04 Å². The Bertz CT molecular complexity index is 727. The van der Waals surface area contributed by atoms with Crippen LogP contribution in [0.15, 0.2) is 29.2 Å². The van der Waals surface area contributed by atoms with Crippen LogP contribution in [0.1, 0.15) is 32.1 Å². The van der Waals surface area contributed by atoms with Crippen molar-refractivity contribution >= 4 is 15.9 Å². The van der Waals surface area contributed by atoms with Gasteiger partial charge in [-0.1, -0.05) is 31.4 Å². The number of hydrogen-bond acceptors (Lipinski definition) is 3. The maximum Gasteiger partial charge on any atom is 0.275 e. The minimum Gasteiger partial charge on any atom is -0.348 e. The molecule has 1 aliphatic heterocycles. The minimum atomic E-state index is -3.82. The first-order valence-electron chi connectivity index (χ1n) is 9.34. The van der Waals surface area contributed by atoms with E-state index in [1.54, 1.807) is 0 Å². The Morgan fingerprint density at radius 1 is 1.15 bits per heavy atom. The van der Waals surface area contributed by atoms with E-state index in [0.29, 0.717) is 38.8 Å². The maximum atomic E-state index is 13.8. The highest BCUT2D eigenvalue weighted by Gasteiger charge is 2.32. The molecule has 26 heavy (non-hydrogen) atoms. The first-order valence-corrected chi connectivity index (χ1v) is 10.8. The molecule has 2 fully saturated rings. The fourth-order valence-corrected chi connectivity index (χ4v) is 5.27. The Labute approximate surface area is 154 Å². The topological polar surface area (TPSA) is 70.9 Å². The Morgan fingerprint density at radius 3 is 2.46 bits per heavy atom. The summed E-state index contributed by atoms with van der Waals surface area (Å²) in [7, 11) is -3.82. The van der Waals surface area contributed by atoms with Gasteiger partial charge in [0.05, 0.1) is 26.2 Å². The number of carbonyl (C=O) groups excluding carboxylic acids is 1. The zero-order valence-corrected chi connectivity index (χ0v) is 15.7. The Kier molecular flexibility index (Phi) is 6.26. The van der Waals surface area contributed by atoms with Gasteiger partial charge in [-0.2, -0.15) is 4.31 Å². The molecule has 2 aliphatic rings. The number of nitrogens with one attached hydrogen (secondary N) is 2. The Morgan fingerprint density at radius 2 is 1.81 bits per heavy atom. The van der Waals surface area contributed by atoms with Crippen LogP contribution in [0.2, 0.25) is 0 Å². The van der Waals surface area contributed by atoms with Crippen molar-refractivity contribution < 1.29 is 22.5 Å². The number of piperazine rings is 1. The molecule has 0 spiro atoms. The molecule has 3 rings (SSSR count). The largest absolute Gasteiger partial charge is 0.348 e. The number of rotatable bonds is 5. The van der Waals surface area contributed by atoms with Crippen LogP contribution in [0, 0.1) is 5.82 Å². The molecule has 144 valence electrons. The summed E-state index contributed by atoms with van der Waals surface area (Å²) in [6, 6.07) is 5.73. The standard InChI is InChI=1S/C18H26FN3O3S/c19-16-8-4-5-9-17(16)26(24,25)22-12-10-21(11-13-22)14-18(23)20-15-6-2-1-3-7-15/h4-5,8-9,15H,1-3,6-7,10-14H2,(H,20,23)/p+1. The van der Waals surface area contributed by atoms with Crippen molar-refractivity contribution in [1.82, 2.24) is 9.62 Å². The normalized spacial score (nSPS) is 20.8. The van der Waals surface area contributed by atoms with Gasteiger partial charge in [-0.3, -0.25) is 4.79 Å². The van der Waals surface area contributed by atoms with E-state index in [1.165, 1.54) is 41.8 Å². The van der Waals surface area contributed by atoms with Gasteiger partial charge in [-0.05, 0) is 25.0 Å². The summed E-state index contributed by atoms with van der Waals surface area (Å²) in [6.45, 7) is 2.05. The highest BCUT2D eigenvalue weighted by Crippen LogP contribution is 2.19. The second-order valence-electron chi connectivity index (χ2n) is 7.16. The molecule has 2 N–H and O–H groups in total. The van der Waals surface area contributed by atoms with Gasteiger partial charge in [0.15, 0.2) is 6.54 Å². The van der Waals surface area contributed by atoms with Crippen LogP contribution >= 0.6 is 0 Å². The maximum absolute atomic E-state index is 13.8. The Hall–Kier alpha value is -1.51. The molecule has 0 aromatic heterocycles. The van der Waals surface area contributed by atoms with E-state index in [2.05, 4.69) is 5.32 Å². The third-order valence-electron chi connectivity index (χ3n) is 5.26. The Balaban J connectivity index is 1.51. The number of nitrogens with zero attached hydrogens (tertiary/aromatic N) is 1. The summed E-state index contributed by atoms with van der Waals surface area (Å²) in [5, 5.41) is 3.10. The van der Waals surface area contributed by atoms with Gasteiger partial charge >= 0.3 is 0 Å². The number of halogens is 1. The SMILES string of the molecule is O=C(C[NH+]1CCN(S(=O)(=O)c2ccccc2F)CC1)NC1CCCCC1. The fourth-order valence-electron chi connectivity index (χ4n) is 3.77. The van der Waals surface area contributed by atoms with Crippen molar-refractivity contribution in [3.63, 3.8) is 0 Å². The third kappa shape index (κ3) is 4.61. The number of carbonyl (C=O) groups is 1. The van der Waals surface area contributed by atoms with Crippen molar-refractivity contribution in [3.05, 3.63) is 30.1 Å². The third-order valence-corrected chi connectivity index (χ3v) is 7.20. The van der Waals surface area contributed by atoms with E-state index in [0.717, 1.165) is 23.8 Å². The minimum absolute atomic E-state index is 0.0392. The monoisotopic (exact) mass is 384 g/mol.